The molecule has 1 aromatic carbocycles. The van der Waals surface area contributed by atoms with Gasteiger partial charge in [-0.1, -0.05) is 29.8 Å². The van der Waals surface area contributed by atoms with Gasteiger partial charge in [0, 0.05) is 5.02 Å². The van der Waals surface area contributed by atoms with E-state index in [1.807, 2.05) is 0 Å². The first-order valence-electron chi connectivity index (χ1n) is 5.82. The number of hydrogen-bond donors (Lipinski definition) is 2. The number of halogens is 4. The zero-order valence-corrected chi connectivity index (χ0v) is 12.8. The number of alkyl halides is 2. The van der Waals surface area contributed by atoms with Crippen LogP contribution in [0.25, 0.3) is 0 Å². The highest BCUT2D eigenvalue weighted by Gasteiger charge is 2.34. The number of hydrogen-bond acceptors (Lipinski definition) is 2. The van der Waals surface area contributed by atoms with Crippen LogP contribution in [0, 0.1) is 0 Å². The molecule has 114 valence electrons. The lowest BCUT2D eigenvalue weighted by Gasteiger charge is -2.26. The molecule has 7 heteroatoms. The van der Waals surface area contributed by atoms with Gasteiger partial charge < -0.3 is 11.1 Å². The second-order valence-electron chi connectivity index (χ2n) is 4.85. The third-order valence-electron chi connectivity index (χ3n) is 2.92. The molecule has 1 aromatic rings. The van der Waals surface area contributed by atoms with E-state index >= 15 is 0 Å². The van der Waals surface area contributed by atoms with Crippen molar-refractivity contribution in [1.29, 1.82) is 0 Å². The summed E-state index contributed by atoms with van der Waals surface area (Å²) in [6.07, 6.45) is 0. The van der Waals surface area contributed by atoms with Crippen LogP contribution in [0.3, 0.4) is 0 Å². The molecule has 3 N–H and O–H groups in total. The van der Waals surface area contributed by atoms with E-state index < -0.39 is 30.3 Å². The molecule has 1 amide bonds. The zero-order valence-electron chi connectivity index (χ0n) is 11.3. The third kappa shape index (κ3) is 4.58. The number of nitrogens with two attached hydrogens (primary N) is 1. The van der Waals surface area contributed by atoms with Crippen molar-refractivity contribution in [2.75, 3.05) is 13.1 Å². The van der Waals surface area contributed by atoms with E-state index in [4.69, 9.17) is 17.3 Å². The second kappa shape index (κ2) is 7.20. The Morgan fingerprint density at radius 3 is 2.40 bits per heavy atom. The van der Waals surface area contributed by atoms with Crippen LogP contribution in [0.5, 0.6) is 0 Å². The Hall–Kier alpha value is -0.910. The Bertz CT molecular complexity index is 467. The quantitative estimate of drug-likeness (QED) is 0.874. The van der Waals surface area contributed by atoms with E-state index in [1.165, 1.54) is 0 Å². The summed E-state index contributed by atoms with van der Waals surface area (Å²) in [5.74, 6) is -3.62. The summed E-state index contributed by atoms with van der Waals surface area (Å²) in [5.41, 5.74) is 4.51. The van der Waals surface area contributed by atoms with Gasteiger partial charge in [0.15, 0.2) is 0 Å². The summed E-state index contributed by atoms with van der Waals surface area (Å²) in [4.78, 5) is 12.0. The summed E-state index contributed by atoms with van der Waals surface area (Å²) in [5, 5.41) is 2.64. The number of rotatable bonds is 5. The number of carbonyl (C=O) groups is 1. The minimum absolute atomic E-state index is 0. The molecule has 0 fully saturated rings. The maximum atomic E-state index is 13.0. The Morgan fingerprint density at radius 1 is 1.35 bits per heavy atom. The van der Waals surface area contributed by atoms with Crippen LogP contribution in [0.15, 0.2) is 24.3 Å². The van der Waals surface area contributed by atoms with Gasteiger partial charge in [0.1, 0.15) is 0 Å². The molecule has 3 nitrogen and oxygen atoms in total. The topological polar surface area (TPSA) is 55.1 Å². The van der Waals surface area contributed by atoms with Gasteiger partial charge in [-0.05, 0) is 25.5 Å². The standard InChI is InChI=1S/C13H17ClF2N2O.ClH/c1-12(2,9-5-3-4-6-10(9)14)11(19)18-8-13(15,16)7-17;/h3-6H,7-8,17H2,1-2H3,(H,18,19);1H. The van der Waals surface area contributed by atoms with Gasteiger partial charge in [0.2, 0.25) is 5.91 Å². The average molecular weight is 327 g/mol. The molecule has 0 unspecified atom stereocenters. The lowest BCUT2D eigenvalue weighted by Crippen LogP contribution is -2.47. The molecule has 0 aromatic heterocycles. The largest absolute Gasteiger partial charge is 0.349 e. The van der Waals surface area contributed by atoms with Crippen molar-refractivity contribution in [2.45, 2.75) is 25.2 Å². The lowest BCUT2D eigenvalue weighted by atomic mass is 9.83. The van der Waals surface area contributed by atoms with Crippen molar-refractivity contribution < 1.29 is 13.6 Å². The van der Waals surface area contributed by atoms with Crippen LogP contribution in [-0.4, -0.2) is 24.9 Å². The molecule has 0 radical (unpaired) electrons. The molecule has 0 spiro atoms. The van der Waals surface area contributed by atoms with Crippen LogP contribution in [0.4, 0.5) is 8.78 Å². The van der Waals surface area contributed by atoms with E-state index in [0.29, 0.717) is 10.6 Å². The number of nitrogens with one attached hydrogen (secondary N) is 1. The van der Waals surface area contributed by atoms with Crippen LogP contribution < -0.4 is 11.1 Å². The van der Waals surface area contributed by atoms with Gasteiger partial charge in [-0.25, -0.2) is 8.78 Å². The molecule has 0 bridgehead atoms. The first-order chi connectivity index (χ1) is 8.70. The lowest BCUT2D eigenvalue weighted by molar-refractivity contribution is -0.127. The van der Waals surface area contributed by atoms with Crippen LogP contribution in [0.1, 0.15) is 19.4 Å². The highest BCUT2D eigenvalue weighted by atomic mass is 35.5. The van der Waals surface area contributed by atoms with Crippen molar-refractivity contribution >= 4 is 29.9 Å². The van der Waals surface area contributed by atoms with Gasteiger partial charge in [-0.3, -0.25) is 4.79 Å². The Kier molecular flexibility index (Phi) is 6.87. The summed E-state index contributed by atoms with van der Waals surface area (Å²) in [6.45, 7) is 1.67. The predicted molar refractivity (Wildman–Crippen MR) is 78.7 cm³/mol. The minimum Gasteiger partial charge on any atom is -0.349 e. The van der Waals surface area contributed by atoms with Gasteiger partial charge >= 0.3 is 0 Å². The normalized spacial score (nSPS) is 11.7. The first-order valence-corrected chi connectivity index (χ1v) is 6.20. The highest BCUT2D eigenvalue weighted by molar-refractivity contribution is 6.31. The zero-order chi connectivity index (χ0) is 14.7. The maximum Gasteiger partial charge on any atom is 0.277 e. The molecule has 0 aliphatic rings. The van der Waals surface area contributed by atoms with E-state index in [-0.39, 0.29) is 12.4 Å². The molecule has 0 heterocycles. The SMILES string of the molecule is CC(C)(C(=O)NCC(F)(F)CN)c1ccccc1Cl.Cl. The number of benzene rings is 1. The molecule has 1 rings (SSSR count). The Balaban J connectivity index is 0.00000361. The van der Waals surface area contributed by atoms with E-state index in [0.717, 1.165) is 0 Å². The van der Waals surface area contributed by atoms with E-state index in [9.17, 15) is 13.6 Å². The smallest absolute Gasteiger partial charge is 0.277 e. The fraction of sp³-hybridized carbons (Fsp3) is 0.462. The monoisotopic (exact) mass is 326 g/mol. The fourth-order valence-corrected chi connectivity index (χ4v) is 1.97. The Labute approximate surface area is 128 Å². The maximum absolute atomic E-state index is 13.0. The molecule has 20 heavy (non-hydrogen) atoms. The average Bonchev–Trinajstić information content (AvgIpc) is 2.36. The van der Waals surface area contributed by atoms with Crippen molar-refractivity contribution in [3.63, 3.8) is 0 Å². The summed E-state index contributed by atoms with van der Waals surface area (Å²) >= 11 is 6.02. The molecule has 0 saturated heterocycles. The van der Waals surface area contributed by atoms with Crippen LogP contribution in [0.2, 0.25) is 5.02 Å². The summed E-state index contributed by atoms with van der Waals surface area (Å²) in [7, 11) is 0. The molecule has 0 saturated carbocycles. The molecule has 0 aliphatic heterocycles. The second-order valence-corrected chi connectivity index (χ2v) is 5.25. The molecule has 0 aliphatic carbocycles. The van der Waals surface area contributed by atoms with E-state index in [2.05, 4.69) is 5.32 Å². The highest BCUT2D eigenvalue weighted by Crippen LogP contribution is 2.30. The molecule has 0 atom stereocenters. The van der Waals surface area contributed by atoms with Gasteiger partial charge in [-0.15, -0.1) is 12.4 Å². The summed E-state index contributed by atoms with van der Waals surface area (Å²) in [6, 6.07) is 6.83. The Morgan fingerprint density at radius 2 is 1.90 bits per heavy atom. The molecular weight excluding hydrogens is 309 g/mol. The van der Waals surface area contributed by atoms with E-state index in [1.54, 1.807) is 38.1 Å². The van der Waals surface area contributed by atoms with Crippen LogP contribution in [-0.2, 0) is 10.2 Å². The predicted octanol–water partition coefficient (Wildman–Crippen LogP) is 2.75. The van der Waals surface area contributed by atoms with Crippen molar-refractivity contribution in [3.05, 3.63) is 34.9 Å². The number of carbonyl (C=O) groups excluding carboxylic acids is 1. The third-order valence-corrected chi connectivity index (χ3v) is 3.25. The van der Waals surface area contributed by atoms with Gasteiger partial charge in [0.05, 0.1) is 18.5 Å². The van der Waals surface area contributed by atoms with Crippen molar-refractivity contribution in [3.8, 4) is 0 Å². The van der Waals surface area contributed by atoms with Crippen molar-refractivity contribution in [1.82, 2.24) is 5.32 Å². The number of amides is 1. The molecular formula is C13H18Cl2F2N2O. The van der Waals surface area contributed by atoms with Crippen molar-refractivity contribution in [2.24, 2.45) is 5.73 Å². The van der Waals surface area contributed by atoms with Gasteiger partial charge in [-0.2, -0.15) is 0 Å². The first kappa shape index (κ1) is 19.1. The van der Waals surface area contributed by atoms with Crippen LogP contribution >= 0.6 is 24.0 Å². The fourth-order valence-electron chi connectivity index (χ4n) is 1.59. The minimum atomic E-state index is -3.10. The summed E-state index contributed by atoms with van der Waals surface area (Å²) < 4.78 is 26.0. The van der Waals surface area contributed by atoms with Gasteiger partial charge in [0.25, 0.3) is 5.92 Å².